The third kappa shape index (κ3) is 3.59. The third-order valence-electron chi connectivity index (χ3n) is 5.55. The number of ketones is 1. The Bertz CT molecular complexity index is 312. The van der Waals surface area contributed by atoms with Crippen molar-refractivity contribution in [3.63, 3.8) is 0 Å². The van der Waals surface area contributed by atoms with Crippen LogP contribution in [0.5, 0.6) is 0 Å². The highest BCUT2D eigenvalue weighted by Crippen LogP contribution is 2.48. The van der Waals surface area contributed by atoms with Gasteiger partial charge in [0.05, 0.1) is 5.60 Å². The van der Waals surface area contributed by atoms with Crippen molar-refractivity contribution in [3.8, 4) is 0 Å². The van der Waals surface area contributed by atoms with E-state index in [9.17, 15) is 9.90 Å². The molecule has 2 rings (SSSR count). The Balaban J connectivity index is 1.77. The molecule has 0 aromatic rings. The molecule has 2 aliphatic rings. The van der Waals surface area contributed by atoms with E-state index in [0.29, 0.717) is 17.6 Å². The first-order chi connectivity index (χ1) is 9.06. The second kappa shape index (κ2) is 6.39. The lowest BCUT2D eigenvalue weighted by atomic mass is 9.70. The molecule has 0 bridgehead atoms. The summed E-state index contributed by atoms with van der Waals surface area (Å²) in [6, 6.07) is 0. The first-order valence-corrected chi connectivity index (χ1v) is 8.31. The van der Waals surface area contributed by atoms with Gasteiger partial charge in [-0.1, -0.05) is 46.0 Å². The van der Waals surface area contributed by atoms with E-state index in [4.69, 9.17) is 0 Å². The van der Waals surface area contributed by atoms with Crippen LogP contribution in [0, 0.1) is 17.8 Å². The summed E-state index contributed by atoms with van der Waals surface area (Å²) in [6.45, 7) is 4.31. The van der Waals surface area contributed by atoms with Crippen LogP contribution < -0.4 is 0 Å². The average Bonchev–Trinajstić information content (AvgIpc) is 2.64. The normalized spacial score (nSPS) is 38.5. The molecule has 0 heterocycles. The first-order valence-electron chi connectivity index (χ1n) is 8.31. The molecule has 2 heteroatoms. The zero-order chi connectivity index (χ0) is 13.9. The lowest BCUT2D eigenvalue weighted by Crippen LogP contribution is -2.38. The molecule has 0 spiro atoms. The van der Waals surface area contributed by atoms with Crippen LogP contribution in [0.3, 0.4) is 0 Å². The molecule has 0 aromatic carbocycles. The number of rotatable bonds is 6. The summed E-state index contributed by atoms with van der Waals surface area (Å²) >= 11 is 0. The van der Waals surface area contributed by atoms with Crippen molar-refractivity contribution < 1.29 is 9.90 Å². The van der Waals surface area contributed by atoms with Gasteiger partial charge in [-0.2, -0.15) is 0 Å². The largest absolute Gasteiger partial charge is 0.390 e. The van der Waals surface area contributed by atoms with Crippen molar-refractivity contribution in [2.75, 3.05) is 0 Å². The fraction of sp³-hybridized carbons (Fsp3) is 0.941. The minimum atomic E-state index is -0.461. The van der Waals surface area contributed by atoms with Crippen LogP contribution in [0.4, 0.5) is 0 Å². The summed E-state index contributed by atoms with van der Waals surface area (Å²) < 4.78 is 0. The molecule has 0 aromatic heterocycles. The molecular formula is C17H30O2. The van der Waals surface area contributed by atoms with E-state index >= 15 is 0 Å². The van der Waals surface area contributed by atoms with E-state index < -0.39 is 5.60 Å². The second-order valence-corrected chi connectivity index (χ2v) is 7.01. The van der Waals surface area contributed by atoms with Crippen LogP contribution in [0.2, 0.25) is 0 Å². The van der Waals surface area contributed by atoms with Gasteiger partial charge in [0, 0.05) is 12.3 Å². The van der Waals surface area contributed by atoms with Gasteiger partial charge in [-0.15, -0.1) is 0 Å². The molecule has 1 unspecified atom stereocenters. The smallest absolute Gasteiger partial charge is 0.136 e. The average molecular weight is 266 g/mol. The summed E-state index contributed by atoms with van der Waals surface area (Å²) in [7, 11) is 0. The van der Waals surface area contributed by atoms with Crippen LogP contribution in [0.1, 0.15) is 78.1 Å². The van der Waals surface area contributed by atoms with Crippen LogP contribution in [-0.4, -0.2) is 16.5 Å². The quantitative estimate of drug-likeness (QED) is 0.735. The molecule has 4 atom stereocenters. The van der Waals surface area contributed by atoms with Crippen molar-refractivity contribution in [3.05, 3.63) is 0 Å². The Morgan fingerprint density at radius 1 is 1.26 bits per heavy atom. The van der Waals surface area contributed by atoms with Crippen molar-refractivity contribution in [1.29, 1.82) is 0 Å². The molecular weight excluding hydrogens is 236 g/mol. The molecule has 0 aliphatic heterocycles. The standard InChI is InChI=1S/C17H30O2/c1-3-4-5-6-7-9-17(19)10-8-15-13(2)16(18)11-14(15)12-17/h13-15,19H,3-12H2,1-2H3/t13?,14-,15+,17-/m0/s1. The van der Waals surface area contributed by atoms with Crippen molar-refractivity contribution in [1.82, 2.24) is 0 Å². The molecule has 110 valence electrons. The highest BCUT2D eigenvalue weighted by molar-refractivity contribution is 5.83. The molecule has 19 heavy (non-hydrogen) atoms. The van der Waals surface area contributed by atoms with Crippen molar-refractivity contribution in [2.24, 2.45) is 17.8 Å². The van der Waals surface area contributed by atoms with Crippen LogP contribution in [0.15, 0.2) is 0 Å². The Morgan fingerprint density at radius 3 is 2.74 bits per heavy atom. The second-order valence-electron chi connectivity index (χ2n) is 7.01. The molecule has 2 nitrogen and oxygen atoms in total. The van der Waals surface area contributed by atoms with Gasteiger partial charge in [0.25, 0.3) is 0 Å². The summed E-state index contributed by atoms with van der Waals surface area (Å²) in [5, 5.41) is 10.7. The monoisotopic (exact) mass is 266 g/mol. The lowest BCUT2D eigenvalue weighted by molar-refractivity contribution is -0.120. The van der Waals surface area contributed by atoms with Gasteiger partial charge in [-0.05, 0) is 37.5 Å². The SMILES string of the molecule is CCCCCCC[C@]1(O)CC[C@@H]2C(C)C(=O)C[C@H]2C1. The zero-order valence-electron chi connectivity index (χ0n) is 12.7. The Labute approximate surface area is 118 Å². The third-order valence-corrected chi connectivity index (χ3v) is 5.55. The summed E-state index contributed by atoms with van der Waals surface area (Å²) in [5.74, 6) is 1.71. The molecule has 2 saturated carbocycles. The van der Waals surface area contributed by atoms with Crippen molar-refractivity contribution in [2.45, 2.75) is 83.7 Å². The number of unbranched alkanes of at least 4 members (excludes halogenated alkanes) is 4. The number of Topliss-reactive ketones (excluding diaryl/α,β-unsaturated/α-hetero) is 1. The molecule has 2 aliphatic carbocycles. The van der Waals surface area contributed by atoms with Crippen LogP contribution in [-0.2, 0) is 4.79 Å². The molecule has 1 N–H and O–H groups in total. The van der Waals surface area contributed by atoms with Gasteiger partial charge < -0.3 is 5.11 Å². The minimum absolute atomic E-state index is 0.249. The predicted octanol–water partition coefficient (Wildman–Crippen LogP) is 4.10. The number of carbonyl (C=O) groups excluding carboxylic acids is 1. The lowest BCUT2D eigenvalue weighted by Gasteiger charge is -2.39. The molecule has 0 amide bonds. The zero-order valence-corrected chi connectivity index (χ0v) is 12.7. The Morgan fingerprint density at radius 2 is 2.00 bits per heavy atom. The summed E-state index contributed by atoms with van der Waals surface area (Å²) in [5.41, 5.74) is -0.461. The van der Waals surface area contributed by atoms with Crippen LogP contribution >= 0.6 is 0 Å². The Hall–Kier alpha value is -0.370. The molecule has 2 fully saturated rings. The van der Waals surface area contributed by atoms with E-state index in [0.717, 1.165) is 38.5 Å². The molecule has 0 saturated heterocycles. The number of hydrogen-bond donors (Lipinski definition) is 1. The summed E-state index contributed by atoms with van der Waals surface area (Å²) in [4.78, 5) is 11.8. The van der Waals surface area contributed by atoms with Gasteiger partial charge in [-0.3, -0.25) is 4.79 Å². The topological polar surface area (TPSA) is 37.3 Å². The van der Waals surface area contributed by atoms with E-state index in [1.54, 1.807) is 0 Å². The number of aliphatic hydroxyl groups is 1. The highest BCUT2D eigenvalue weighted by Gasteiger charge is 2.47. The van der Waals surface area contributed by atoms with Gasteiger partial charge >= 0.3 is 0 Å². The number of hydrogen-bond acceptors (Lipinski definition) is 2. The predicted molar refractivity (Wildman–Crippen MR) is 77.9 cm³/mol. The van der Waals surface area contributed by atoms with Crippen LogP contribution in [0.25, 0.3) is 0 Å². The fourth-order valence-corrected chi connectivity index (χ4v) is 4.26. The maximum absolute atomic E-state index is 11.8. The van der Waals surface area contributed by atoms with E-state index in [-0.39, 0.29) is 5.92 Å². The summed E-state index contributed by atoms with van der Waals surface area (Å²) in [6.07, 6.45) is 10.8. The maximum atomic E-state index is 11.8. The minimum Gasteiger partial charge on any atom is -0.390 e. The number of fused-ring (bicyclic) bond motifs is 1. The van der Waals surface area contributed by atoms with E-state index in [2.05, 4.69) is 13.8 Å². The number of carbonyl (C=O) groups is 1. The Kier molecular flexibility index (Phi) is 5.05. The highest BCUT2D eigenvalue weighted by atomic mass is 16.3. The van der Waals surface area contributed by atoms with Gasteiger partial charge in [0.15, 0.2) is 0 Å². The maximum Gasteiger partial charge on any atom is 0.136 e. The van der Waals surface area contributed by atoms with Gasteiger partial charge in [-0.25, -0.2) is 0 Å². The van der Waals surface area contributed by atoms with E-state index in [1.807, 2.05) is 0 Å². The van der Waals surface area contributed by atoms with Gasteiger partial charge in [0.2, 0.25) is 0 Å². The van der Waals surface area contributed by atoms with E-state index in [1.165, 1.54) is 25.7 Å². The van der Waals surface area contributed by atoms with Gasteiger partial charge in [0.1, 0.15) is 5.78 Å². The van der Waals surface area contributed by atoms with Crippen molar-refractivity contribution >= 4 is 5.78 Å². The molecule has 0 radical (unpaired) electrons. The first kappa shape index (κ1) is 15.0. The fourth-order valence-electron chi connectivity index (χ4n) is 4.26.